The molecule has 0 spiro atoms. The average molecular weight is 304 g/mol. The van der Waals surface area contributed by atoms with E-state index in [0.29, 0.717) is 6.04 Å². The lowest BCUT2D eigenvalue weighted by Crippen LogP contribution is -2.47. The highest BCUT2D eigenvalue weighted by Gasteiger charge is 2.32. The van der Waals surface area contributed by atoms with Gasteiger partial charge in [-0.25, -0.2) is 0 Å². The van der Waals surface area contributed by atoms with Gasteiger partial charge in [0.05, 0.1) is 10.9 Å². The maximum absolute atomic E-state index is 12.4. The molecule has 1 fully saturated rings. The Kier molecular flexibility index (Phi) is 4.19. The van der Waals surface area contributed by atoms with Crippen LogP contribution in [0.15, 0.2) is 29.2 Å². The molecule has 3 rings (SSSR count). The van der Waals surface area contributed by atoms with Gasteiger partial charge in [-0.1, -0.05) is 25.0 Å². The number of anilines is 1. The Morgan fingerprint density at radius 1 is 1.33 bits per heavy atom. The summed E-state index contributed by atoms with van der Waals surface area (Å²) in [7, 11) is 0. The lowest BCUT2D eigenvalue weighted by molar-refractivity contribution is -0.124. The number of nitrogens with one attached hydrogen (secondary N) is 1. The van der Waals surface area contributed by atoms with Gasteiger partial charge in [-0.05, 0) is 31.9 Å². The summed E-state index contributed by atoms with van der Waals surface area (Å²) in [4.78, 5) is 27.3. The maximum Gasteiger partial charge on any atom is 0.240 e. The minimum atomic E-state index is -0.140. The van der Waals surface area contributed by atoms with Crippen LogP contribution in [0.2, 0.25) is 0 Å². The van der Waals surface area contributed by atoms with E-state index < -0.39 is 0 Å². The number of benzene rings is 1. The molecule has 0 saturated heterocycles. The second-order valence-electron chi connectivity index (χ2n) is 5.70. The van der Waals surface area contributed by atoms with Crippen molar-refractivity contribution in [2.75, 3.05) is 11.4 Å². The second-order valence-corrected chi connectivity index (χ2v) is 7.08. The summed E-state index contributed by atoms with van der Waals surface area (Å²) in [5, 5.41) is 2.91. The molecule has 2 aliphatic rings. The lowest BCUT2D eigenvalue weighted by Gasteiger charge is -2.32. The molecule has 1 unspecified atom stereocenters. The number of amides is 2. The molecule has 0 bridgehead atoms. The van der Waals surface area contributed by atoms with Crippen LogP contribution in [0, 0.1) is 0 Å². The van der Waals surface area contributed by atoms with Crippen LogP contribution in [-0.4, -0.2) is 29.7 Å². The summed E-state index contributed by atoms with van der Waals surface area (Å²) in [5.41, 5.74) is 0.854. The minimum Gasteiger partial charge on any atom is -0.352 e. The summed E-state index contributed by atoms with van der Waals surface area (Å²) in [6, 6.07) is 8.08. The van der Waals surface area contributed by atoms with Crippen molar-refractivity contribution in [1.29, 1.82) is 0 Å². The molecular weight excluding hydrogens is 284 g/mol. The number of carbonyl (C=O) groups excluding carboxylic acids is 2. The fraction of sp³-hybridized carbons (Fsp3) is 0.500. The highest BCUT2D eigenvalue weighted by Crippen LogP contribution is 2.38. The third-order valence-electron chi connectivity index (χ3n) is 4.10. The molecule has 5 heteroatoms. The minimum absolute atomic E-state index is 0.0141. The van der Waals surface area contributed by atoms with Crippen LogP contribution in [0.4, 0.5) is 5.69 Å². The molecule has 1 aromatic rings. The zero-order valence-electron chi connectivity index (χ0n) is 12.2. The summed E-state index contributed by atoms with van der Waals surface area (Å²) < 4.78 is 0. The van der Waals surface area contributed by atoms with Crippen LogP contribution >= 0.6 is 11.8 Å². The quantitative estimate of drug-likeness (QED) is 0.933. The Morgan fingerprint density at radius 2 is 2.05 bits per heavy atom. The monoisotopic (exact) mass is 304 g/mol. The molecule has 2 amide bonds. The third kappa shape index (κ3) is 3.07. The van der Waals surface area contributed by atoms with Crippen molar-refractivity contribution in [3.05, 3.63) is 24.3 Å². The molecule has 1 aromatic carbocycles. The van der Waals surface area contributed by atoms with Crippen molar-refractivity contribution in [2.45, 2.75) is 48.8 Å². The van der Waals surface area contributed by atoms with Crippen LogP contribution in [-0.2, 0) is 9.59 Å². The van der Waals surface area contributed by atoms with Gasteiger partial charge in [0.25, 0.3) is 0 Å². The Morgan fingerprint density at radius 3 is 2.81 bits per heavy atom. The van der Waals surface area contributed by atoms with Crippen molar-refractivity contribution in [3.63, 3.8) is 0 Å². The smallest absolute Gasteiger partial charge is 0.240 e. The van der Waals surface area contributed by atoms with Crippen LogP contribution < -0.4 is 10.2 Å². The van der Waals surface area contributed by atoms with E-state index in [4.69, 9.17) is 0 Å². The van der Waals surface area contributed by atoms with Gasteiger partial charge >= 0.3 is 0 Å². The zero-order chi connectivity index (χ0) is 14.8. The first kappa shape index (κ1) is 14.4. The van der Waals surface area contributed by atoms with Gasteiger partial charge in [-0.2, -0.15) is 0 Å². The zero-order valence-corrected chi connectivity index (χ0v) is 13.0. The van der Waals surface area contributed by atoms with Gasteiger partial charge in [0.15, 0.2) is 0 Å². The lowest BCUT2D eigenvalue weighted by atomic mass is 10.2. The highest BCUT2D eigenvalue weighted by molar-refractivity contribution is 8.00. The topological polar surface area (TPSA) is 49.4 Å². The van der Waals surface area contributed by atoms with Crippen LogP contribution in [0.3, 0.4) is 0 Å². The molecule has 0 radical (unpaired) electrons. The molecular formula is C16H20N2O2S. The first-order valence-corrected chi connectivity index (χ1v) is 8.39. The van der Waals surface area contributed by atoms with Crippen molar-refractivity contribution in [3.8, 4) is 0 Å². The molecule has 1 atom stereocenters. The van der Waals surface area contributed by atoms with E-state index in [1.165, 1.54) is 12.8 Å². The molecule has 4 nitrogen and oxygen atoms in total. The number of para-hydroxylation sites is 1. The first-order chi connectivity index (χ1) is 10.1. The van der Waals surface area contributed by atoms with E-state index in [-0.39, 0.29) is 23.6 Å². The van der Waals surface area contributed by atoms with Gasteiger partial charge in [-0.3, -0.25) is 9.59 Å². The summed E-state index contributed by atoms with van der Waals surface area (Å²) in [5.74, 6) is -0.0376. The van der Waals surface area contributed by atoms with Gasteiger partial charge in [0.1, 0.15) is 6.54 Å². The summed E-state index contributed by atoms with van der Waals surface area (Å²) in [6.45, 7) is 2.02. The number of thioether (sulfide) groups is 1. The SMILES string of the molecule is CC1Sc2ccccc2N(CC(=O)NC2CCCC2)C1=O. The number of nitrogens with zero attached hydrogens (tertiary/aromatic N) is 1. The predicted octanol–water partition coefficient (Wildman–Crippen LogP) is 2.57. The van der Waals surface area contributed by atoms with Gasteiger partial charge in [0, 0.05) is 10.9 Å². The number of hydrogen-bond acceptors (Lipinski definition) is 3. The van der Waals surface area contributed by atoms with Gasteiger partial charge in [0.2, 0.25) is 11.8 Å². The molecule has 1 aliphatic carbocycles. The number of rotatable bonds is 3. The maximum atomic E-state index is 12.4. The van der Waals surface area contributed by atoms with E-state index in [9.17, 15) is 9.59 Å². The largest absolute Gasteiger partial charge is 0.352 e. The molecule has 21 heavy (non-hydrogen) atoms. The van der Waals surface area contributed by atoms with Crippen molar-refractivity contribution in [1.82, 2.24) is 5.32 Å². The summed E-state index contributed by atoms with van der Waals surface area (Å²) in [6.07, 6.45) is 4.49. The van der Waals surface area contributed by atoms with E-state index in [2.05, 4.69) is 5.32 Å². The van der Waals surface area contributed by atoms with Crippen molar-refractivity contribution >= 4 is 29.3 Å². The molecule has 1 heterocycles. The molecule has 0 aromatic heterocycles. The fourth-order valence-corrected chi connectivity index (χ4v) is 4.07. The fourth-order valence-electron chi connectivity index (χ4n) is 3.01. The number of carbonyl (C=O) groups is 2. The highest BCUT2D eigenvalue weighted by atomic mass is 32.2. The van der Waals surface area contributed by atoms with E-state index >= 15 is 0 Å². The Balaban J connectivity index is 1.73. The predicted molar refractivity (Wildman–Crippen MR) is 84.5 cm³/mol. The molecule has 112 valence electrons. The van der Waals surface area contributed by atoms with Crippen molar-refractivity contribution in [2.24, 2.45) is 0 Å². The number of hydrogen-bond donors (Lipinski definition) is 1. The van der Waals surface area contributed by atoms with Crippen molar-refractivity contribution < 1.29 is 9.59 Å². The number of fused-ring (bicyclic) bond motifs is 1. The van der Waals surface area contributed by atoms with E-state index in [1.54, 1.807) is 16.7 Å². The molecule has 1 N–H and O–H groups in total. The van der Waals surface area contributed by atoms with Gasteiger partial charge in [-0.15, -0.1) is 11.8 Å². The van der Waals surface area contributed by atoms with Crippen LogP contribution in [0.1, 0.15) is 32.6 Å². The van der Waals surface area contributed by atoms with E-state index in [1.807, 2.05) is 31.2 Å². The second kappa shape index (κ2) is 6.10. The standard InChI is InChI=1S/C16H20N2O2S/c1-11-16(20)18(13-8-4-5-9-14(13)21-11)10-15(19)17-12-6-2-3-7-12/h4-5,8-9,11-12H,2-3,6-7,10H2,1H3,(H,17,19). The Bertz CT molecular complexity index is 555. The molecule has 1 saturated carbocycles. The summed E-state index contributed by atoms with van der Waals surface area (Å²) >= 11 is 1.56. The molecule has 1 aliphatic heterocycles. The van der Waals surface area contributed by atoms with Gasteiger partial charge < -0.3 is 10.2 Å². The van der Waals surface area contributed by atoms with Crippen LogP contribution in [0.5, 0.6) is 0 Å². The Hall–Kier alpha value is -1.49. The van der Waals surface area contributed by atoms with E-state index in [0.717, 1.165) is 23.4 Å². The normalized spacial score (nSPS) is 22.2. The van der Waals surface area contributed by atoms with Crippen LogP contribution in [0.25, 0.3) is 0 Å². The first-order valence-electron chi connectivity index (χ1n) is 7.51. The average Bonchev–Trinajstić information content (AvgIpc) is 2.96. The Labute approximate surface area is 129 Å². The third-order valence-corrected chi connectivity index (χ3v) is 5.25.